The zero-order chi connectivity index (χ0) is 72.1. The van der Waals surface area contributed by atoms with Crippen LogP contribution in [0.15, 0.2) is 12.2 Å². The van der Waals surface area contributed by atoms with Gasteiger partial charge in [0, 0.05) is 61.9 Å². The second-order valence-corrected chi connectivity index (χ2v) is 28.6. The Hall–Kier alpha value is -6.21. The number of allylic oxidation sites excluding steroid dienone is 2. The number of aliphatic hydroxyl groups is 1. The number of hydrogen-bond donors (Lipinski definition) is 5. The molecule has 1 unspecified atom stereocenters. The lowest BCUT2D eigenvalue weighted by Crippen LogP contribution is -2.64. The van der Waals surface area contributed by atoms with Crippen LogP contribution in [-0.2, 0) is 57.5 Å². The molecule has 534 valence electrons. The second-order valence-electron chi connectivity index (χ2n) is 28.6. The number of aliphatic hydroxyl groups excluding tert-OH is 1. The molecule has 1 heterocycles. The van der Waals surface area contributed by atoms with Gasteiger partial charge in [-0.05, 0) is 122 Å². The molecule has 0 aromatic carbocycles. The van der Waals surface area contributed by atoms with Crippen molar-refractivity contribution in [3.05, 3.63) is 12.2 Å². The predicted octanol–water partition coefficient (Wildman–Crippen LogP) is 3.95. The first-order chi connectivity index (χ1) is 42.9. The molecule has 13 atom stereocenters. The molecule has 1 aliphatic rings. The average Bonchev–Trinajstić information content (AvgIpc) is 0.835. The summed E-state index contributed by atoms with van der Waals surface area (Å²) >= 11 is 0. The highest BCUT2D eigenvalue weighted by Gasteiger charge is 2.46. The molecular weight excluding hydrogens is 1190 g/mol. The summed E-state index contributed by atoms with van der Waals surface area (Å²) in [6.07, 6.45) is 1.11. The third-order valence-electron chi connectivity index (χ3n) is 17.8. The van der Waals surface area contributed by atoms with E-state index in [1.54, 1.807) is 60.6 Å². The van der Waals surface area contributed by atoms with E-state index < -0.39 is 155 Å². The van der Waals surface area contributed by atoms with Crippen LogP contribution in [0.2, 0.25) is 0 Å². The van der Waals surface area contributed by atoms with Gasteiger partial charge in [0.05, 0.1) is 12.7 Å². The van der Waals surface area contributed by atoms with Crippen molar-refractivity contribution in [1.82, 2.24) is 60.5 Å². The Morgan fingerprint density at radius 2 is 0.892 bits per heavy atom. The molecule has 25 heteroatoms. The molecule has 0 saturated carbocycles. The Labute approximate surface area is 557 Å². The second kappa shape index (κ2) is 39.0. The van der Waals surface area contributed by atoms with Gasteiger partial charge in [-0.2, -0.15) is 0 Å². The van der Waals surface area contributed by atoms with Crippen molar-refractivity contribution < 1.29 is 62.6 Å². The molecule has 0 radical (unpaired) electrons. The summed E-state index contributed by atoms with van der Waals surface area (Å²) in [6, 6.07) is -12.7. The first-order valence-electron chi connectivity index (χ1n) is 33.6. The van der Waals surface area contributed by atoms with Crippen LogP contribution in [0.4, 0.5) is 0 Å². The van der Waals surface area contributed by atoms with E-state index in [1.165, 1.54) is 87.7 Å². The molecule has 93 heavy (non-hydrogen) atoms. The summed E-state index contributed by atoms with van der Waals surface area (Å²) in [5, 5.41) is 23.4. The Morgan fingerprint density at radius 1 is 0.473 bits per heavy atom. The van der Waals surface area contributed by atoms with E-state index in [2.05, 4.69) is 21.3 Å². The number of ether oxygens (including phenoxy) is 1. The van der Waals surface area contributed by atoms with Crippen LogP contribution in [0.5, 0.6) is 0 Å². The zero-order valence-corrected chi connectivity index (χ0v) is 61.8. The zero-order valence-electron chi connectivity index (χ0n) is 61.8. The minimum Gasteiger partial charge on any atom is -0.390 e. The van der Waals surface area contributed by atoms with E-state index in [9.17, 15) is 29.1 Å². The number of rotatable bonds is 20. The fourth-order valence-corrected chi connectivity index (χ4v) is 11.5. The molecule has 0 aliphatic carbocycles. The van der Waals surface area contributed by atoms with Gasteiger partial charge in [-0.3, -0.25) is 52.7 Å². The Morgan fingerprint density at radius 3 is 1.33 bits per heavy atom. The van der Waals surface area contributed by atoms with Crippen LogP contribution < -0.4 is 21.3 Å². The number of amides is 11. The lowest BCUT2D eigenvalue weighted by atomic mass is 9.91. The van der Waals surface area contributed by atoms with Crippen LogP contribution >= 0.6 is 0 Å². The first kappa shape index (κ1) is 84.8. The largest absolute Gasteiger partial charge is 0.390 e. The van der Waals surface area contributed by atoms with Crippen LogP contribution in [-0.4, -0.2) is 258 Å². The van der Waals surface area contributed by atoms with Gasteiger partial charge in [0.15, 0.2) is 0 Å². The summed E-state index contributed by atoms with van der Waals surface area (Å²) in [6.45, 7) is 34.0. The lowest BCUT2D eigenvalue weighted by molar-refractivity contribution is -0.168. The maximum atomic E-state index is 15.3. The van der Waals surface area contributed by atoms with E-state index in [4.69, 9.17) is 4.74 Å². The average molecular weight is 1320 g/mol. The number of carbonyl (C=O) groups excluding carboxylic acids is 11. The normalized spacial score (nSPS) is 26.6. The molecule has 0 aromatic heterocycles. The molecule has 5 N–H and O–H groups in total. The third kappa shape index (κ3) is 24.2. The van der Waals surface area contributed by atoms with Crippen LogP contribution in [0.3, 0.4) is 0 Å². The van der Waals surface area contributed by atoms with Crippen molar-refractivity contribution in [1.29, 1.82) is 0 Å². The van der Waals surface area contributed by atoms with Crippen molar-refractivity contribution >= 4 is 65.0 Å². The van der Waals surface area contributed by atoms with Gasteiger partial charge >= 0.3 is 0 Å². The SMILES string of the molecule is C/C=C/C[C@@H](C)[C@@H](O)[C@H]1C(=O)N[C@@H](CC)C(=O)N(C)C(OCCN(C)C(C)C)C(=O)N(C)[C@@H](CC(C)C)C(=O)N[C@@H](C(C)C)C(=O)N(C)[C@@H](CC(C)C)C(=O)N[C@@H](C)C(=O)N[C@H](C)C(=O)N(C)[C@@H](CC(C)C)C(=O)N(C)[C@@H](CC(C)C)C(=O)N(C)[C@@H](C(C)C)C(=O)N1C. The van der Waals surface area contributed by atoms with Crippen LogP contribution in [0.25, 0.3) is 0 Å². The van der Waals surface area contributed by atoms with E-state index in [-0.39, 0.29) is 74.8 Å². The number of likely N-dealkylation sites (N-methyl/N-ethyl adjacent to an activating group) is 8. The van der Waals surface area contributed by atoms with Gasteiger partial charge in [-0.25, -0.2) is 0 Å². The molecule has 0 aromatic rings. The first-order valence-corrected chi connectivity index (χ1v) is 33.6. The van der Waals surface area contributed by atoms with E-state index in [0.717, 1.165) is 9.80 Å². The number of hydrogen-bond acceptors (Lipinski definition) is 14. The van der Waals surface area contributed by atoms with Gasteiger partial charge in [-0.15, -0.1) is 0 Å². The Balaban J connectivity index is 4.55. The summed E-state index contributed by atoms with van der Waals surface area (Å²) in [4.78, 5) is 174. The molecular formula is C68H124N12O13. The summed E-state index contributed by atoms with van der Waals surface area (Å²) in [7, 11) is 11.7. The van der Waals surface area contributed by atoms with E-state index in [0.29, 0.717) is 6.54 Å². The van der Waals surface area contributed by atoms with E-state index in [1.807, 2.05) is 81.2 Å². The number of nitrogens with zero attached hydrogens (tertiary/aromatic N) is 8. The molecule has 25 nitrogen and oxygen atoms in total. The van der Waals surface area contributed by atoms with Crippen molar-refractivity contribution in [3.63, 3.8) is 0 Å². The minimum absolute atomic E-state index is 0.0438. The molecule has 0 spiro atoms. The third-order valence-corrected chi connectivity index (χ3v) is 17.8. The summed E-state index contributed by atoms with van der Waals surface area (Å²) in [5.74, 6) is -10.4. The van der Waals surface area contributed by atoms with Crippen molar-refractivity contribution in [2.24, 2.45) is 41.4 Å². The van der Waals surface area contributed by atoms with Gasteiger partial charge in [-0.1, -0.05) is 109 Å². The van der Waals surface area contributed by atoms with Crippen molar-refractivity contribution in [3.8, 4) is 0 Å². The fraction of sp³-hybridized carbons (Fsp3) is 0.809. The summed E-state index contributed by atoms with van der Waals surface area (Å²) < 4.78 is 6.35. The lowest BCUT2D eigenvalue weighted by Gasteiger charge is -2.41. The van der Waals surface area contributed by atoms with Gasteiger partial charge in [0.1, 0.15) is 60.4 Å². The number of carbonyl (C=O) groups is 11. The standard InChI is InChI=1S/C68H124N12O13/c1-28-30-31-45(17)56(81)55-60(85)71-48(29-2)62(87)80(27)68(93-33-32-73(20)44(15)16)67(92)75(22)50(35-39(5)6)59(84)72-53(42(11)12)65(90)74(21)49(34-38(3)4)58(83)69-46(18)57(82)70-47(19)61(86)76(23)51(36-40(7)8)63(88)77(24)52(37-41(9)10)64(89)78(25)54(43(13)14)66(91)79(55)26/h28,30,38-56,68,81H,29,31-37H2,1-27H3,(H,69,83)(H,70,82)(H,71,85)(H,72,84)/b30-28+/t45-,46+,47-,48+,49+,50+,51+,52+,53+,54+,55+,56-,68?/m1/s1. The molecule has 11 amide bonds. The van der Waals surface area contributed by atoms with E-state index >= 15 is 28.8 Å². The maximum Gasteiger partial charge on any atom is 0.273 e. The van der Waals surface area contributed by atoms with Gasteiger partial charge in [0.2, 0.25) is 65.3 Å². The molecule has 1 rings (SSSR count). The van der Waals surface area contributed by atoms with Crippen LogP contribution in [0.1, 0.15) is 170 Å². The van der Waals surface area contributed by atoms with Gasteiger partial charge in [0.25, 0.3) is 5.91 Å². The van der Waals surface area contributed by atoms with Crippen molar-refractivity contribution in [2.75, 3.05) is 69.5 Å². The molecule has 1 fully saturated rings. The highest BCUT2D eigenvalue weighted by molar-refractivity contribution is 6.00. The maximum absolute atomic E-state index is 15.3. The highest BCUT2D eigenvalue weighted by atomic mass is 16.5. The predicted molar refractivity (Wildman–Crippen MR) is 361 cm³/mol. The fourth-order valence-electron chi connectivity index (χ4n) is 11.5. The topological polar surface area (TPSA) is 291 Å². The molecule has 1 saturated heterocycles. The van der Waals surface area contributed by atoms with Crippen molar-refractivity contribution in [2.45, 2.75) is 249 Å². The Kier molecular flexibility index (Phi) is 35.5. The Bertz CT molecular complexity index is 2520. The highest BCUT2D eigenvalue weighted by Crippen LogP contribution is 2.26. The minimum atomic E-state index is -1.69. The summed E-state index contributed by atoms with van der Waals surface area (Å²) in [5.41, 5.74) is 0. The van der Waals surface area contributed by atoms with Crippen LogP contribution in [0, 0.1) is 41.4 Å². The monoisotopic (exact) mass is 1320 g/mol. The number of nitrogens with one attached hydrogen (secondary N) is 4. The quantitative estimate of drug-likeness (QED) is 0.108. The van der Waals surface area contributed by atoms with Gasteiger partial charge < -0.3 is 70.3 Å². The smallest absolute Gasteiger partial charge is 0.273 e. The molecule has 0 bridgehead atoms. The molecule has 1 aliphatic heterocycles.